The zero-order valence-corrected chi connectivity index (χ0v) is 21.6. The molecule has 0 aliphatic carbocycles. The number of pyridine rings is 1. The summed E-state index contributed by atoms with van der Waals surface area (Å²) in [6, 6.07) is 7.41. The van der Waals surface area contributed by atoms with Crippen LogP contribution in [0.4, 0.5) is 5.82 Å². The van der Waals surface area contributed by atoms with Gasteiger partial charge < -0.3 is 33.3 Å². The lowest BCUT2D eigenvalue weighted by Crippen LogP contribution is -2.38. The van der Waals surface area contributed by atoms with Gasteiger partial charge in [-0.1, -0.05) is 6.07 Å². The molecule has 192 valence electrons. The van der Waals surface area contributed by atoms with Crippen LogP contribution >= 0.6 is 0 Å². The van der Waals surface area contributed by atoms with E-state index in [1.165, 1.54) is 0 Å². The molecule has 0 unspecified atom stereocenters. The Balaban J connectivity index is 2.17. The largest absolute Gasteiger partial charge is 0.493 e. The summed E-state index contributed by atoms with van der Waals surface area (Å²) in [6.07, 6.45) is 0. The van der Waals surface area contributed by atoms with Crippen LogP contribution in [0.25, 0.3) is 22.0 Å². The first kappa shape index (κ1) is 25.4. The van der Waals surface area contributed by atoms with Gasteiger partial charge in [0.15, 0.2) is 23.0 Å². The molecular formula is C27H32N2O7. The number of esters is 1. The van der Waals surface area contributed by atoms with Gasteiger partial charge in [-0.25, -0.2) is 9.78 Å². The molecule has 1 fully saturated rings. The topological polar surface area (TPSA) is 88.6 Å². The number of hydrogen-bond donors (Lipinski definition) is 0. The number of hydrogen-bond acceptors (Lipinski definition) is 9. The third-order valence-corrected chi connectivity index (χ3v) is 6.30. The minimum atomic E-state index is -0.452. The summed E-state index contributed by atoms with van der Waals surface area (Å²) in [5, 5.41) is 0.764. The summed E-state index contributed by atoms with van der Waals surface area (Å²) in [4.78, 5) is 20.6. The first-order chi connectivity index (χ1) is 17.5. The fraction of sp³-hybridized carbons (Fsp3) is 0.407. The first-order valence-electron chi connectivity index (χ1n) is 11.8. The Bertz CT molecular complexity index is 1270. The van der Waals surface area contributed by atoms with E-state index in [2.05, 4.69) is 4.90 Å². The van der Waals surface area contributed by atoms with Gasteiger partial charge in [0.1, 0.15) is 11.4 Å². The summed E-state index contributed by atoms with van der Waals surface area (Å²) >= 11 is 0. The average molecular weight is 497 g/mol. The van der Waals surface area contributed by atoms with Gasteiger partial charge in [-0.15, -0.1) is 0 Å². The van der Waals surface area contributed by atoms with Gasteiger partial charge in [-0.05, 0) is 31.5 Å². The lowest BCUT2D eigenvalue weighted by Gasteiger charge is -2.31. The quantitative estimate of drug-likeness (QED) is 0.425. The highest BCUT2D eigenvalue weighted by atomic mass is 16.5. The number of carbonyl (C=O) groups is 1. The van der Waals surface area contributed by atoms with Crippen LogP contribution in [0, 0.1) is 6.92 Å². The Labute approximate surface area is 210 Å². The smallest absolute Gasteiger partial charge is 0.342 e. The van der Waals surface area contributed by atoms with Crippen LogP contribution in [0.2, 0.25) is 0 Å². The number of aryl methyl sites for hydroxylation is 1. The minimum absolute atomic E-state index is 0.232. The number of rotatable bonds is 8. The van der Waals surface area contributed by atoms with Gasteiger partial charge in [0.25, 0.3) is 0 Å². The molecule has 0 N–H and O–H groups in total. The molecule has 2 aromatic carbocycles. The van der Waals surface area contributed by atoms with Crippen molar-refractivity contribution in [2.24, 2.45) is 0 Å². The van der Waals surface area contributed by atoms with E-state index in [0.717, 1.165) is 16.5 Å². The highest BCUT2D eigenvalue weighted by molar-refractivity contribution is 6.12. The van der Waals surface area contributed by atoms with Crippen LogP contribution < -0.4 is 23.8 Å². The second-order valence-electron chi connectivity index (χ2n) is 8.21. The van der Waals surface area contributed by atoms with Gasteiger partial charge in [0.05, 0.1) is 53.8 Å². The molecule has 0 spiro atoms. The third kappa shape index (κ3) is 4.46. The number of benzene rings is 2. The summed E-state index contributed by atoms with van der Waals surface area (Å²) in [5.41, 5.74) is 3.29. The molecule has 0 saturated carbocycles. The van der Waals surface area contributed by atoms with Crippen molar-refractivity contribution in [1.29, 1.82) is 0 Å². The summed E-state index contributed by atoms with van der Waals surface area (Å²) in [6.45, 7) is 6.23. The Hall–Kier alpha value is -3.72. The van der Waals surface area contributed by atoms with E-state index >= 15 is 0 Å². The standard InChI is InChI=1S/C27H32N2O7/c1-7-36-27(30)24-23(17-8-9-19(31-3)20(14-17)32-4)22-16(2)25(34-6)21(33-5)15-18(22)28-26(24)29-10-12-35-13-11-29/h8-9,14-15H,7,10-13H2,1-6H3. The van der Waals surface area contributed by atoms with Crippen LogP contribution in [0.1, 0.15) is 22.8 Å². The van der Waals surface area contributed by atoms with E-state index in [-0.39, 0.29) is 6.61 Å². The fourth-order valence-electron chi connectivity index (χ4n) is 4.65. The summed E-state index contributed by atoms with van der Waals surface area (Å²) < 4.78 is 33.5. The third-order valence-electron chi connectivity index (χ3n) is 6.30. The van der Waals surface area contributed by atoms with Gasteiger partial charge >= 0.3 is 5.97 Å². The van der Waals surface area contributed by atoms with Gasteiger partial charge in [-0.3, -0.25) is 0 Å². The van der Waals surface area contributed by atoms with Crippen molar-refractivity contribution in [2.45, 2.75) is 13.8 Å². The molecule has 1 aliphatic rings. The highest BCUT2D eigenvalue weighted by Crippen LogP contribution is 2.46. The fourth-order valence-corrected chi connectivity index (χ4v) is 4.65. The molecule has 1 saturated heterocycles. The number of ether oxygens (including phenoxy) is 6. The lowest BCUT2D eigenvalue weighted by molar-refractivity contribution is 0.0526. The van der Waals surface area contributed by atoms with Crippen LogP contribution in [0.5, 0.6) is 23.0 Å². The zero-order valence-electron chi connectivity index (χ0n) is 21.6. The molecule has 9 heteroatoms. The van der Waals surface area contributed by atoms with Gasteiger partial charge in [-0.2, -0.15) is 0 Å². The number of fused-ring (bicyclic) bond motifs is 1. The Morgan fingerprint density at radius 1 is 0.972 bits per heavy atom. The van der Waals surface area contributed by atoms with Crippen molar-refractivity contribution in [3.05, 3.63) is 35.4 Å². The van der Waals surface area contributed by atoms with Crippen molar-refractivity contribution in [3.8, 4) is 34.1 Å². The highest BCUT2D eigenvalue weighted by Gasteiger charge is 2.30. The molecule has 2 heterocycles. The van der Waals surface area contributed by atoms with Crippen molar-refractivity contribution >= 4 is 22.7 Å². The Morgan fingerprint density at radius 2 is 1.67 bits per heavy atom. The van der Waals surface area contributed by atoms with Crippen molar-refractivity contribution in [1.82, 2.24) is 4.98 Å². The maximum Gasteiger partial charge on any atom is 0.342 e. The molecule has 0 atom stereocenters. The van der Waals surface area contributed by atoms with E-state index in [9.17, 15) is 4.79 Å². The molecule has 1 aliphatic heterocycles. The molecule has 0 radical (unpaired) electrons. The SMILES string of the molecule is CCOC(=O)c1c(N2CCOCC2)nc2cc(OC)c(OC)c(C)c2c1-c1ccc(OC)c(OC)c1. The van der Waals surface area contributed by atoms with Crippen LogP contribution in [-0.4, -0.2) is 72.3 Å². The zero-order chi connectivity index (χ0) is 25.8. The number of anilines is 1. The molecular weight excluding hydrogens is 464 g/mol. The molecule has 1 aromatic heterocycles. The molecule has 36 heavy (non-hydrogen) atoms. The molecule has 9 nitrogen and oxygen atoms in total. The molecule has 4 rings (SSSR count). The Morgan fingerprint density at radius 3 is 2.28 bits per heavy atom. The predicted octanol–water partition coefficient (Wildman–Crippen LogP) is 4.26. The average Bonchev–Trinajstić information content (AvgIpc) is 2.91. The lowest BCUT2D eigenvalue weighted by atomic mass is 9.91. The number of morpholine rings is 1. The predicted molar refractivity (Wildman–Crippen MR) is 137 cm³/mol. The minimum Gasteiger partial charge on any atom is -0.493 e. The van der Waals surface area contributed by atoms with E-state index in [1.54, 1.807) is 35.4 Å². The summed E-state index contributed by atoms with van der Waals surface area (Å²) in [7, 11) is 6.35. The molecule has 3 aromatic rings. The van der Waals surface area contributed by atoms with Crippen LogP contribution in [0.3, 0.4) is 0 Å². The van der Waals surface area contributed by atoms with E-state index in [0.29, 0.717) is 71.8 Å². The second-order valence-corrected chi connectivity index (χ2v) is 8.21. The van der Waals surface area contributed by atoms with E-state index < -0.39 is 5.97 Å². The number of methoxy groups -OCH3 is 4. The maximum atomic E-state index is 13.6. The van der Waals surface area contributed by atoms with Gasteiger partial charge in [0.2, 0.25) is 0 Å². The summed E-state index contributed by atoms with van der Waals surface area (Å²) in [5.74, 6) is 2.35. The van der Waals surface area contributed by atoms with Crippen molar-refractivity contribution in [3.63, 3.8) is 0 Å². The monoisotopic (exact) mass is 496 g/mol. The number of carbonyl (C=O) groups excluding carboxylic acids is 1. The van der Waals surface area contributed by atoms with Gasteiger partial charge in [0, 0.05) is 35.7 Å². The van der Waals surface area contributed by atoms with Crippen molar-refractivity contribution < 1.29 is 33.2 Å². The maximum absolute atomic E-state index is 13.6. The Kier molecular flexibility index (Phi) is 7.69. The number of nitrogens with zero attached hydrogens (tertiary/aromatic N) is 2. The van der Waals surface area contributed by atoms with Crippen molar-refractivity contribution in [2.75, 3.05) is 66.2 Å². The van der Waals surface area contributed by atoms with Crippen LogP contribution in [0.15, 0.2) is 24.3 Å². The number of aromatic nitrogens is 1. The molecule has 0 amide bonds. The molecule has 0 bridgehead atoms. The van der Waals surface area contributed by atoms with E-state index in [1.807, 2.05) is 31.2 Å². The normalized spacial score (nSPS) is 13.4. The van der Waals surface area contributed by atoms with Crippen LogP contribution in [-0.2, 0) is 9.47 Å². The van der Waals surface area contributed by atoms with E-state index in [4.69, 9.17) is 33.4 Å². The first-order valence-corrected chi connectivity index (χ1v) is 11.8. The second kappa shape index (κ2) is 10.9.